The summed E-state index contributed by atoms with van der Waals surface area (Å²) in [5.41, 5.74) is -0.239. The van der Waals surface area contributed by atoms with Crippen LogP contribution in [0.1, 0.15) is 17.3 Å². The molecule has 0 saturated heterocycles. The Morgan fingerprint density at radius 3 is 2.81 bits per heavy atom. The highest BCUT2D eigenvalue weighted by molar-refractivity contribution is 6.30. The van der Waals surface area contributed by atoms with Gasteiger partial charge in [-0.3, -0.25) is 0 Å². The van der Waals surface area contributed by atoms with Gasteiger partial charge in [0.15, 0.2) is 0 Å². The quantitative estimate of drug-likeness (QED) is 0.862. The van der Waals surface area contributed by atoms with Crippen LogP contribution in [0.5, 0.6) is 0 Å². The Kier molecular flexibility index (Phi) is 3.64. The first-order chi connectivity index (χ1) is 7.29. The van der Waals surface area contributed by atoms with Crippen LogP contribution < -0.4 is 5.32 Å². The van der Waals surface area contributed by atoms with Gasteiger partial charge in [0.2, 0.25) is 0 Å². The van der Waals surface area contributed by atoms with Crippen LogP contribution in [0, 0.1) is 0 Å². The summed E-state index contributed by atoms with van der Waals surface area (Å²) >= 11 is 5.55. The molecule has 88 valence electrons. The van der Waals surface area contributed by atoms with Crippen LogP contribution in [0.3, 0.4) is 0 Å². The molecule has 4 nitrogen and oxygen atoms in total. The molecule has 1 rings (SSSR count). The first-order valence-electron chi connectivity index (χ1n) is 4.30. The van der Waals surface area contributed by atoms with E-state index in [1.54, 1.807) is 0 Å². The van der Waals surface area contributed by atoms with Crippen molar-refractivity contribution < 1.29 is 18.7 Å². The summed E-state index contributed by atoms with van der Waals surface area (Å²) in [7, 11) is 0. The smallest absolute Gasteiger partial charge is 0.339 e. The van der Waals surface area contributed by atoms with Gasteiger partial charge >= 0.3 is 5.97 Å². The second kappa shape index (κ2) is 4.61. The molecule has 16 heavy (non-hydrogen) atoms. The fraction of sp³-hybridized carbons (Fsp3) is 0.333. The summed E-state index contributed by atoms with van der Waals surface area (Å²) in [5.74, 6) is -4.35. The molecule has 0 saturated carbocycles. The highest BCUT2D eigenvalue weighted by Crippen LogP contribution is 2.19. The van der Waals surface area contributed by atoms with Crippen molar-refractivity contribution in [2.75, 3.05) is 11.9 Å². The second-order valence-corrected chi connectivity index (χ2v) is 3.72. The lowest BCUT2D eigenvalue weighted by molar-refractivity contribution is 0.0365. The number of anilines is 1. The van der Waals surface area contributed by atoms with E-state index in [2.05, 4.69) is 10.3 Å². The number of carboxylic acid groups (broad SMARTS) is 1. The predicted octanol–water partition coefficient (Wildman–Crippen LogP) is 2.50. The van der Waals surface area contributed by atoms with Crippen LogP contribution in [0.4, 0.5) is 14.6 Å². The van der Waals surface area contributed by atoms with E-state index in [1.165, 1.54) is 6.20 Å². The van der Waals surface area contributed by atoms with Gasteiger partial charge in [-0.15, -0.1) is 0 Å². The number of pyridine rings is 1. The molecule has 0 aliphatic heterocycles. The monoisotopic (exact) mass is 250 g/mol. The molecular formula is C9H9ClF2N2O2. The molecule has 0 unspecified atom stereocenters. The van der Waals surface area contributed by atoms with Gasteiger partial charge in [0, 0.05) is 13.1 Å². The number of nitrogens with zero attached hydrogens (tertiary/aromatic N) is 1. The normalized spacial score (nSPS) is 11.2. The minimum atomic E-state index is -2.95. The second-order valence-electron chi connectivity index (χ2n) is 3.28. The molecule has 0 fully saturated rings. The summed E-state index contributed by atoms with van der Waals surface area (Å²) in [6.45, 7) is 0.0261. The van der Waals surface area contributed by atoms with Gasteiger partial charge in [-0.05, 0) is 6.07 Å². The molecule has 1 heterocycles. The fourth-order valence-corrected chi connectivity index (χ4v) is 1.14. The zero-order valence-electron chi connectivity index (χ0n) is 8.30. The maximum absolute atomic E-state index is 12.6. The number of rotatable bonds is 4. The average Bonchev–Trinajstić information content (AvgIpc) is 2.14. The zero-order valence-corrected chi connectivity index (χ0v) is 9.05. The van der Waals surface area contributed by atoms with Crippen molar-refractivity contribution in [3.8, 4) is 0 Å². The Labute approximate surface area is 95.3 Å². The molecule has 0 aliphatic rings. The highest BCUT2D eigenvalue weighted by atomic mass is 35.5. The van der Waals surface area contributed by atoms with E-state index in [1.807, 2.05) is 0 Å². The molecule has 0 aromatic carbocycles. The molecule has 0 amide bonds. The number of carboxylic acids is 1. The maximum Gasteiger partial charge on any atom is 0.339 e. The summed E-state index contributed by atoms with van der Waals surface area (Å²) in [6.07, 6.45) is 1.18. The lowest BCUT2D eigenvalue weighted by atomic mass is 10.2. The van der Waals surface area contributed by atoms with Gasteiger partial charge in [0.1, 0.15) is 11.4 Å². The van der Waals surface area contributed by atoms with Crippen molar-refractivity contribution in [2.45, 2.75) is 12.8 Å². The molecule has 1 aromatic heterocycles. The van der Waals surface area contributed by atoms with E-state index in [0.29, 0.717) is 0 Å². The molecule has 7 heteroatoms. The minimum Gasteiger partial charge on any atom is -0.478 e. The molecule has 0 aliphatic carbocycles. The number of nitrogens with one attached hydrogen (secondary N) is 1. The maximum atomic E-state index is 12.6. The van der Waals surface area contributed by atoms with E-state index >= 15 is 0 Å². The Balaban J connectivity index is 2.91. The molecule has 2 N–H and O–H groups in total. The standard InChI is InChI=1S/C9H9ClF2N2O2/c1-9(11,12)4-14-7-6(8(15)16)2-5(10)3-13-7/h2-3H,4H2,1H3,(H,13,14)(H,15,16). The molecule has 0 atom stereocenters. The van der Waals surface area contributed by atoms with Crippen molar-refractivity contribution in [1.82, 2.24) is 4.98 Å². The highest BCUT2D eigenvalue weighted by Gasteiger charge is 2.22. The van der Waals surface area contributed by atoms with E-state index < -0.39 is 18.4 Å². The number of carbonyl (C=O) groups is 1. The van der Waals surface area contributed by atoms with Gasteiger partial charge in [-0.25, -0.2) is 18.6 Å². The summed E-state index contributed by atoms with van der Waals surface area (Å²) in [6, 6.07) is 1.15. The van der Waals surface area contributed by atoms with Gasteiger partial charge in [0.05, 0.1) is 11.6 Å². The average molecular weight is 251 g/mol. The first-order valence-corrected chi connectivity index (χ1v) is 4.68. The van der Waals surface area contributed by atoms with E-state index in [0.717, 1.165) is 13.0 Å². The summed E-state index contributed by atoms with van der Waals surface area (Å²) in [4.78, 5) is 14.4. The Bertz CT molecular complexity index is 407. The van der Waals surface area contributed by atoms with Crippen LogP contribution >= 0.6 is 11.6 Å². The lowest BCUT2D eigenvalue weighted by Crippen LogP contribution is -2.24. The minimum absolute atomic E-state index is 0.126. The Hall–Kier alpha value is -1.43. The van der Waals surface area contributed by atoms with Gasteiger partial charge in [-0.1, -0.05) is 11.6 Å². The number of hydrogen-bond acceptors (Lipinski definition) is 3. The summed E-state index contributed by atoms with van der Waals surface area (Å²) in [5, 5.41) is 11.2. The van der Waals surface area contributed by atoms with Crippen LogP contribution in [-0.4, -0.2) is 28.5 Å². The van der Waals surface area contributed by atoms with E-state index in [4.69, 9.17) is 16.7 Å². The number of aromatic nitrogens is 1. The lowest BCUT2D eigenvalue weighted by Gasteiger charge is -2.13. The predicted molar refractivity (Wildman–Crippen MR) is 55.3 cm³/mol. The van der Waals surface area contributed by atoms with Gasteiger partial charge in [-0.2, -0.15) is 0 Å². The van der Waals surface area contributed by atoms with Crippen LogP contribution in [-0.2, 0) is 0 Å². The van der Waals surface area contributed by atoms with Crippen LogP contribution in [0.2, 0.25) is 5.02 Å². The van der Waals surface area contributed by atoms with Crippen LogP contribution in [0.15, 0.2) is 12.3 Å². The number of aromatic carboxylic acids is 1. The Morgan fingerprint density at radius 1 is 1.69 bits per heavy atom. The molecule has 0 bridgehead atoms. The van der Waals surface area contributed by atoms with Crippen molar-refractivity contribution in [1.29, 1.82) is 0 Å². The molecule has 0 spiro atoms. The van der Waals surface area contributed by atoms with E-state index in [9.17, 15) is 13.6 Å². The van der Waals surface area contributed by atoms with Gasteiger partial charge < -0.3 is 10.4 Å². The van der Waals surface area contributed by atoms with Gasteiger partial charge in [0.25, 0.3) is 5.92 Å². The number of hydrogen-bond donors (Lipinski definition) is 2. The third-order valence-electron chi connectivity index (χ3n) is 1.65. The summed E-state index contributed by atoms with van der Waals surface area (Å²) < 4.78 is 25.1. The van der Waals surface area contributed by atoms with Crippen molar-refractivity contribution >= 4 is 23.4 Å². The third-order valence-corrected chi connectivity index (χ3v) is 1.86. The SMILES string of the molecule is CC(F)(F)CNc1ncc(Cl)cc1C(=O)O. The van der Waals surface area contributed by atoms with E-state index in [-0.39, 0.29) is 16.4 Å². The third kappa shape index (κ3) is 3.62. The van der Waals surface area contributed by atoms with Crippen molar-refractivity contribution in [3.05, 3.63) is 22.8 Å². The number of alkyl halides is 2. The zero-order chi connectivity index (χ0) is 12.3. The molecular weight excluding hydrogens is 242 g/mol. The Morgan fingerprint density at radius 2 is 2.31 bits per heavy atom. The number of halogens is 3. The van der Waals surface area contributed by atoms with Crippen molar-refractivity contribution in [3.63, 3.8) is 0 Å². The van der Waals surface area contributed by atoms with Crippen molar-refractivity contribution in [2.24, 2.45) is 0 Å². The molecule has 1 aromatic rings. The largest absolute Gasteiger partial charge is 0.478 e. The molecule has 0 radical (unpaired) electrons. The van der Waals surface area contributed by atoms with Crippen LogP contribution in [0.25, 0.3) is 0 Å². The fourth-order valence-electron chi connectivity index (χ4n) is 0.982. The first kappa shape index (κ1) is 12.6. The topological polar surface area (TPSA) is 62.2 Å².